The maximum Gasteiger partial charge on any atom is 0.325 e. The van der Waals surface area contributed by atoms with Crippen molar-refractivity contribution in [2.24, 2.45) is 0 Å². The summed E-state index contributed by atoms with van der Waals surface area (Å²) in [5.74, 6) is -0.478. The van der Waals surface area contributed by atoms with Gasteiger partial charge in [-0.15, -0.1) is 0 Å². The highest BCUT2D eigenvalue weighted by molar-refractivity contribution is 5.80. The van der Waals surface area contributed by atoms with Crippen molar-refractivity contribution in [1.29, 1.82) is 0 Å². The van der Waals surface area contributed by atoms with Gasteiger partial charge in [-0.1, -0.05) is 72.8 Å². The highest BCUT2D eigenvalue weighted by atomic mass is 16.7. The van der Waals surface area contributed by atoms with E-state index in [-0.39, 0.29) is 32.0 Å². The topological polar surface area (TPSA) is 122 Å². The molecule has 1 aliphatic heterocycles. The molecule has 4 aromatic rings. The molecule has 0 bridgehead atoms. The van der Waals surface area contributed by atoms with Gasteiger partial charge in [-0.2, -0.15) is 0 Å². The Kier molecular flexibility index (Phi) is 12.7. The van der Waals surface area contributed by atoms with E-state index in [1.807, 2.05) is 97.2 Å². The largest absolute Gasteiger partial charge is 0.465 e. The lowest BCUT2D eigenvalue weighted by molar-refractivity contribution is -0.252. The summed E-state index contributed by atoms with van der Waals surface area (Å²) in [5.41, 5.74) is 6.85. The van der Waals surface area contributed by atoms with Crippen molar-refractivity contribution in [1.82, 2.24) is 20.5 Å². The van der Waals surface area contributed by atoms with Crippen molar-refractivity contribution in [3.05, 3.63) is 125 Å². The molecule has 0 aliphatic carbocycles. The lowest BCUT2D eigenvalue weighted by Crippen LogP contribution is -2.38. The normalized spacial score (nSPS) is 17.5. The van der Waals surface area contributed by atoms with Gasteiger partial charge in [-0.3, -0.25) is 9.78 Å². The number of rotatable bonds is 14. The standard InChI is InChI=1S/C38H44N4O6/c1-3-46-36(44)24-41-38(45)40-23-28-7-6-8-32(21-28)29-14-16-31(17-15-29)37-47-34(25-42(2)20-18-33-9-4-5-19-39-33)22-35(48-37)30-12-10-27(26-43)11-13-30/h4-17,19,21,34-35,37,43H,3,18,20,22-26H2,1-2H3,(H2,40,41,45)/t34-,35+,37+/m0/s1. The molecule has 3 aromatic carbocycles. The van der Waals surface area contributed by atoms with E-state index >= 15 is 0 Å². The molecule has 2 amide bonds. The van der Waals surface area contributed by atoms with E-state index in [1.54, 1.807) is 6.92 Å². The third-order valence-electron chi connectivity index (χ3n) is 8.20. The van der Waals surface area contributed by atoms with E-state index in [0.29, 0.717) is 13.0 Å². The van der Waals surface area contributed by atoms with Crippen LogP contribution in [0.1, 0.15) is 53.7 Å². The molecule has 1 saturated heterocycles. The van der Waals surface area contributed by atoms with Crippen LogP contribution in [0, 0.1) is 0 Å². The fourth-order valence-corrected chi connectivity index (χ4v) is 5.63. The number of likely N-dealkylation sites (N-methyl/N-ethyl adjacent to an activating group) is 1. The maximum absolute atomic E-state index is 12.1. The number of aliphatic hydroxyl groups is 1. The van der Waals surface area contributed by atoms with Gasteiger partial charge < -0.3 is 34.9 Å². The zero-order valence-electron chi connectivity index (χ0n) is 27.5. The molecule has 10 nitrogen and oxygen atoms in total. The number of hydrogen-bond donors (Lipinski definition) is 3. The molecule has 48 heavy (non-hydrogen) atoms. The molecule has 1 aromatic heterocycles. The molecular weight excluding hydrogens is 608 g/mol. The Hall–Kier alpha value is -4.61. The van der Waals surface area contributed by atoms with Gasteiger partial charge in [0, 0.05) is 49.9 Å². The monoisotopic (exact) mass is 652 g/mol. The minimum absolute atomic E-state index is 0.000540. The minimum atomic E-state index is -0.548. The molecule has 0 unspecified atom stereocenters. The number of benzene rings is 3. The molecule has 0 radical (unpaired) electrons. The maximum atomic E-state index is 12.1. The van der Waals surface area contributed by atoms with Crippen molar-refractivity contribution in [2.75, 3.05) is 33.3 Å². The Balaban J connectivity index is 1.24. The van der Waals surface area contributed by atoms with Crippen LogP contribution in [0.5, 0.6) is 0 Å². The number of amides is 2. The second kappa shape index (κ2) is 17.5. The van der Waals surface area contributed by atoms with Gasteiger partial charge in [0.1, 0.15) is 6.54 Å². The third kappa shape index (κ3) is 10.2. The molecule has 0 saturated carbocycles. The summed E-state index contributed by atoms with van der Waals surface area (Å²) in [7, 11) is 2.11. The SMILES string of the molecule is CCOC(=O)CNC(=O)NCc1cccc(-c2ccc([C@@H]3O[C@H](CN(C)CCc4ccccn4)C[C@H](c4ccc(CO)cc4)O3)cc2)c1. The molecule has 1 aliphatic rings. The number of nitrogens with one attached hydrogen (secondary N) is 2. The van der Waals surface area contributed by atoms with Gasteiger partial charge in [0.2, 0.25) is 0 Å². The van der Waals surface area contributed by atoms with E-state index in [9.17, 15) is 14.7 Å². The van der Waals surface area contributed by atoms with Crippen LogP contribution < -0.4 is 10.6 Å². The van der Waals surface area contributed by atoms with Gasteiger partial charge in [-0.25, -0.2) is 4.79 Å². The van der Waals surface area contributed by atoms with Crippen LogP contribution in [0.15, 0.2) is 97.2 Å². The third-order valence-corrected chi connectivity index (χ3v) is 8.20. The second-order valence-electron chi connectivity index (χ2n) is 11.8. The highest BCUT2D eigenvalue weighted by Crippen LogP contribution is 2.38. The van der Waals surface area contributed by atoms with Crippen LogP contribution >= 0.6 is 0 Å². The molecule has 3 N–H and O–H groups in total. The Morgan fingerprint density at radius 2 is 1.71 bits per heavy atom. The highest BCUT2D eigenvalue weighted by Gasteiger charge is 2.32. The first-order valence-corrected chi connectivity index (χ1v) is 16.4. The number of pyridine rings is 1. The molecule has 5 rings (SSSR count). The van der Waals surface area contributed by atoms with Crippen molar-refractivity contribution in [3.8, 4) is 11.1 Å². The fourth-order valence-electron chi connectivity index (χ4n) is 5.63. The Bertz CT molecular complexity index is 1600. The Labute approximate surface area is 282 Å². The smallest absolute Gasteiger partial charge is 0.325 e. The van der Waals surface area contributed by atoms with Crippen molar-refractivity contribution in [3.63, 3.8) is 0 Å². The zero-order chi connectivity index (χ0) is 33.7. The lowest BCUT2D eigenvalue weighted by Gasteiger charge is -2.38. The van der Waals surface area contributed by atoms with Crippen LogP contribution in [-0.2, 0) is 38.6 Å². The molecular formula is C38H44N4O6. The first-order chi connectivity index (χ1) is 23.4. The Morgan fingerprint density at radius 3 is 2.44 bits per heavy atom. The Morgan fingerprint density at radius 1 is 0.917 bits per heavy atom. The number of carbonyl (C=O) groups is 2. The number of esters is 1. The summed E-state index contributed by atoms with van der Waals surface area (Å²) in [5, 5.41) is 14.8. The van der Waals surface area contributed by atoms with E-state index in [2.05, 4.69) is 27.6 Å². The lowest BCUT2D eigenvalue weighted by atomic mass is 9.99. The summed E-state index contributed by atoms with van der Waals surface area (Å²) in [6.07, 6.45) is 2.63. The summed E-state index contributed by atoms with van der Waals surface area (Å²) >= 11 is 0. The average Bonchev–Trinajstić information content (AvgIpc) is 3.13. The second-order valence-corrected chi connectivity index (χ2v) is 11.8. The number of aromatic nitrogens is 1. The summed E-state index contributed by atoms with van der Waals surface area (Å²) in [4.78, 5) is 30.3. The van der Waals surface area contributed by atoms with Crippen LogP contribution in [0.25, 0.3) is 11.1 Å². The molecule has 10 heteroatoms. The molecule has 3 atom stereocenters. The quantitative estimate of drug-likeness (QED) is 0.157. The fraction of sp³-hybridized carbons (Fsp3) is 0.342. The van der Waals surface area contributed by atoms with Gasteiger partial charge in [0.15, 0.2) is 6.29 Å². The van der Waals surface area contributed by atoms with Crippen LogP contribution in [0.2, 0.25) is 0 Å². The molecule has 2 heterocycles. The zero-order valence-corrected chi connectivity index (χ0v) is 27.5. The number of nitrogens with zero attached hydrogens (tertiary/aromatic N) is 2. The predicted octanol–water partition coefficient (Wildman–Crippen LogP) is 5.32. The number of urea groups is 1. The van der Waals surface area contributed by atoms with Gasteiger partial charge >= 0.3 is 12.0 Å². The van der Waals surface area contributed by atoms with E-state index < -0.39 is 18.3 Å². The first-order valence-electron chi connectivity index (χ1n) is 16.4. The first kappa shape index (κ1) is 34.7. The van der Waals surface area contributed by atoms with Gasteiger partial charge in [-0.05, 0) is 60.0 Å². The molecule has 1 fully saturated rings. The van der Waals surface area contributed by atoms with Crippen LogP contribution in [0.4, 0.5) is 4.79 Å². The van der Waals surface area contributed by atoms with Crippen LogP contribution in [-0.4, -0.2) is 66.4 Å². The minimum Gasteiger partial charge on any atom is -0.465 e. The molecule has 0 spiro atoms. The van der Waals surface area contributed by atoms with Crippen molar-refractivity contribution >= 4 is 12.0 Å². The van der Waals surface area contributed by atoms with E-state index in [4.69, 9.17) is 14.2 Å². The van der Waals surface area contributed by atoms with Crippen LogP contribution in [0.3, 0.4) is 0 Å². The van der Waals surface area contributed by atoms with Gasteiger partial charge in [0.05, 0.1) is 25.4 Å². The summed E-state index contributed by atoms with van der Waals surface area (Å²) in [6, 6.07) is 29.6. The summed E-state index contributed by atoms with van der Waals surface area (Å²) < 4.78 is 18.0. The number of ether oxygens (including phenoxy) is 3. The summed E-state index contributed by atoms with van der Waals surface area (Å²) in [6.45, 7) is 3.72. The van der Waals surface area contributed by atoms with E-state index in [1.165, 1.54) is 0 Å². The van der Waals surface area contributed by atoms with Gasteiger partial charge in [0.25, 0.3) is 0 Å². The number of carbonyl (C=O) groups excluding carboxylic acids is 2. The van der Waals surface area contributed by atoms with E-state index in [0.717, 1.165) is 58.6 Å². The van der Waals surface area contributed by atoms with Crippen molar-refractivity contribution < 1.29 is 28.9 Å². The number of hydrogen-bond acceptors (Lipinski definition) is 8. The predicted molar refractivity (Wildman–Crippen MR) is 183 cm³/mol. The molecule has 252 valence electrons. The number of aliphatic hydroxyl groups excluding tert-OH is 1. The van der Waals surface area contributed by atoms with Crippen molar-refractivity contribution in [2.45, 2.75) is 51.4 Å². The average molecular weight is 653 g/mol.